The summed E-state index contributed by atoms with van der Waals surface area (Å²) in [6.07, 6.45) is 3.33. The molecule has 0 aromatic heterocycles. The maximum absolute atomic E-state index is 12.1. The number of carbonyl (C=O) groups excluding carboxylic acids is 2. The van der Waals surface area contributed by atoms with Gasteiger partial charge < -0.3 is 10.6 Å². The van der Waals surface area contributed by atoms with E-state index < -0.39 is 0 Å². The smallest absolute Gasteiger partial charge is 0.248 e. The topological polar surface area (TPSA) is 58.2 Å². The van der Waals surface area contributed by atoms with Crippen LogP contribution in [0.1, 0.15) is 29.2 Å². The number of amides is 2. The molecule has 24 heavy (non-hydrogen) atoms. The summed E-state index contributed by atoms with van der Waals surface area (Å²) in [5, 5.41) is 5.57. The molecule has 2 aromatic carbocycles. The van der Waals surface area contributed by atoms with Crippen molar-refractivity contribution in [3.63, 3.8) is 0 Å². The predicted octanol–water partition coefficient (Wildman–Crippen LogP) is 4.22. The standard InChI is InChI=1S/C20H22N2O2/c1-13-5-6-17(14(2)11-13)7-10-20(24)22-18-8-9-19(15(3)12-18)21-16(4)23/h5-12H,1-4H3,(H,21,23)(H,22,24)/b10-7+. The zero-order chi connectivity index (χ0) is 17.7. The van der Waals surface area contributed by atoms with Gasteiger partial charge in [-0.05, 0) is 61.7 Å². The lowest BCUT2D eigenvalue weighted by Gasteiger charge is -2.09. The van der Waals surface area contributed by atoms with Crippen LogP contribution in [-0.4, -0.2) is 11.8 Å². The van der Waals surface area contributed by atoms with Crippen LogP contribution < -0.4 is 10.6 Å². The highest BCUT2D eigenvalue weighted by molar-refractivity contribution is 6.02. The third kappa shape index (κ3) is 4.81. The average molecular weight is 322 g/mol. The number of hydrogen-bond donors (Lipinski definition) is 2. The van der Waals surface area contributed by atoms with Crippen LogP contribution in [0.25, 0.3) is 6.08 Å². The Morgan fingerprint density at radius 2 is 1.67 bits per heavy atom. The van der Waals surface area contributed by atoms with Gasteiger partial charge in [-0.2, -0.15) is 0 Å². The highest BCUT2D eigenvalue weighted by Gasteiger charge is 2.04. The van der Waals surface area contributed by atoms with Crippen molar-refractivity contribution < 1.29 is 9.59 Å². The first-order chi connectivity index (χ1) is 11.3. The Hall–Kier alpha value is -2.88. The van der Waals surface area contributed by atoms with Crippen LogP contribution in [0.5, 0.6) is 0 Å². The molecule has 0 heterocycles. The SMILES string of the molecule is CC(=O)Nc1ccc(NC(=O)/C=C/c2ccc(C)cc2C)cc1C. The van der Waals surface area contributed by atoms with Crippen LogP contribution in [0.3, 0.4) is 0 Å². The summed E-state index contributed by atoms with van der Waals surface area (Å²) in [7, 11) is 0. The number of aryl methyl sites for hydroxylation is 3. The van der Waals surface area contributed by atoms with Gasteiger partial charge in [0.1, 0.15) is 0 Å². The molecular formula is C20H22N2O2. The second kappa shape index (κ2) is 7.59. The molecule has 0 aliphatic heterocycles. The number of carbonyl (C=O) groups is 2. The molecule has 2 rings (SSSR count). The number of hydrogen-bond acceptors (Lipinski definition) is 2. The normalized spacial score (nSPS) is 10.7. The molecule has 0 atom stereocenters. The summed E-state index contributed by atoms with van der Waals surface area (Å²) < 4.78 is 0. The Morgan fingerprint density at radius 3 is 2.29 bits per heavy atom. The molecule has 4 heteroatoms. The van der Waals surface area contributed by atoms with Gasteiger partial charge in [-0.1, -0.05) is 23.8 Å². The van der Waals surface area contributed by atoms with E-state index in [1.807, 2.05) is 45.0 Å². The van der Waals surface area contributed by atoms with Crippen molar-refractivity contribution in [3.05, 3.63) is 64.7 Å². The molecule has 0 fully saturated rings. The van der Waals surface area contributed by atoms with Crippen LogP contribution in [0.4, 0.5) is 11.4 Å². The van der Waals surface area contributed by atoms with E-state index in [2.05, 4.69) is 16.7 Å². The van der Waals surface area contributed by atoms with E-state index in [0.29, 0.717) is 5.69 Å². The monoisotopic (exact) mass is 322 g/mol. The molecule has 0 spiro atoms. The molecule has 2 N–H and O–H groups in total. The molecule has 0 saturated carbocycles. The maximum atomic E-state index is 12.1. The van der Waals surface area contributed by atoms with Gasteiger partial charge in [0.15, 0.2) is 0 Å². The summed E-state index contributed by atoms with van der Waals surface area (Å²) in [6.45, 7) is 7.41. The fourth-order valence-electron chi connectivity index (χ4n) is 2.43. The zero-order valence-electron chi connectivity index (χ0n) is 14.4. The predicted molar refractivity (Wildman–Crippen MR) is 99.1 cm³/mol. The molecule has 0 bridgehead atoms. The summed E-state index contributed by atoms with van der Waals surface area (Å²) in [6, 6.07) is 11.5. The van der Waals surface area contributed by atoms with E-state index in [-0.39, 0.29) is 11.8 Å². The molecule has 0 unspecified atom stereocenters. The van der Waals surface area contributed by atoms with Gasteiger partial charge in [0, 0.05) is 24.4 Å². The van der Waals surface area contributed by atoms with Crippen LogP contribution in [-0.2, 0) is 9.59 Å². The minimum atomic E-state index is -0.193. The first-order valence-corrected chi connectivity index (χ1v) is 7.79. The summed E-state index contributed by atoms with van der Waals surface area (Å²) >= 11 is 0. The molecule has 0 radical (unpaired) electrons. The van der Waals surface area contributed by atoms with Gasteiger partial charge in [-0.15, -0.1) is 0 Å². The van der Waals surface area contributed by atoms with Crippen molar-refractivity contribution in [2.75, 3.05) is 10.6 Å². The van der Waals surface area contributed by atoms with Crippen molar-refractivity contribution in [3.8, 4) is 0 Å². The highest BCUT2D eigenvalue weighted by atomic mass is 16.2. The van der Waals surface area contributed by atoms with E-state index in [1.54, 1.807) is 12.1 Å². The molecule has 0 saturated heterocycles. The largest absolute Gasteiger partial charge is 0.326 e. The minimum Gasteiger partial charge on any atom is -0.326 e. The summed E-state index contributed by atoms with van der Waals surface area (Å²) in [4.78, 5) is 23.2. The van der Waals surface area contributed by atoms with Crippen LogP contribution >= 0.6 is 0 Å². The third-order valence-corrected chi connectivity index (χ3v) is 3.64. The average Bonchev–Trinajstić information content (AvgIpc) is 2.49. The van der Waals surface area contributed by atoms with Crippen molar-refractivity contribution >= 4 is 29.3 Å². The number of benzene rings is 2. The lowest BCUT2D eigenvalue weighted by Crippen LogP contribution is -2.10. The molecule has 124 valence electrons. The molecule has 0 aliphatic carbocycles. The minimum absolute atomic E-state index is 0.119. The molecular weight excluding hydrogens is 300 g/mol. The first-order valence-electron chi connectivity index (χ1n) is 7.79. The van der Waals surface area contributed by atoms with Crippen LogP contribution in [0.2, 0.25) is 0 Å². The first kappa shape index (κ1) is 17.5. The number of rotatable bonds is 4. The molecule has 0 aliphatic rings. The van der Waals surface area contributed by atoms with Crippen LogP contribution in [0.15, 0.2) is 42.5 Å². The number of anilines is 2. The van der Waals surface area contributed by atoms with E-state index in [4.69, 9.17) is 0 Å². The Bertz CT molecular complexity index is 807. The second-order valence-electron chi connectivity index (χ2n) is 5.89. The van der Waals surface area contributed by atoms with E-state index >= 15 is 0 Å². The van der Waals surface area contributed by atoms with E-state index in [1.165, 1.54) is 18.6 Å². The Morgan fingerprint density at radius 1 is 0.917 bits per heavy atom. The third-order valence-electron chi connectivity index (χ3n) is 3.64. The van der Waals surface area contributed by atoms with E-state index in [9.17, 15) is 9.59 Å². The second-order valence-corrected chi connectivity index (χ2v) is 5.89. The van der Waals surface area contributed by atoms with Crippen molar-refractivity contribution in [1.82, 2.24) is 0 Å². The Kier molecular flexibility index (Phi) is 5.53. The maximum Gasteiger partial charge on any atom is 0.248 e. The zero-order valence-corrected chi connectivity index (χ0v) is 14.4. The van der Waals surface area contributed by atoms with Gasteiger partial charge in [-0.25, -0.2) is 0 Å². The van der Waals surface area contributed by atoms with Crippen molar-refractivity contribution in [1.29, 1.82) is 0 Å². The van der Waals surface area contributed by atoms with Gasteiger partial charge in [0.2, 0.25) is 11.8 Å². The van der Waals surface area contributed by atoms with E-state index in [0.717, 1.165) is 22.4 Å². The van der Waals surface area contributed by atoms with Gasteiger partial charge in [0.25, 0.3) is 0 Å². The molecule has 2 aromatic rings. The summed E-state index contributed by atoms with van der Waals surface area (Å²) in [5.74, 6) is -0.312. The lowest BCUT2D eigenvalue weighted by molar-refractivity contribution is -0.114. The summed E-state index contributed by atoms with van der Waals surface area (Å²) in [5.41, 5.74) is 5.68. The quantitative estimate of drug-likeness (QED) is 0.828. The number of nitrogens with one attached hydrogen (secondary N) is 2. The Balaban J connectivity index is 2.05. The van der Waals surface area contributed by atoms with Gasteiger partial charge in [0.05, 0.1) is 0 Å². The molecule has 4 nitrogen and oxygen atoms in total. The van der Waals surface area contributed by atoms with Crippen LogP contribution in [0, 0.1) is 20.8 Å². The van der Waals surface area contributed by atoms with Crippen molar-refractivity contribution in [2.24, 2.45) is 0 Å². The van der Waals surface area contributed by atoms with Crippen molar-refractivity contribution in [2.45, 2.75) is 27.7 Å². The molecule has 2 amide bonds. The highest BCUT2D eigenvalue weighted by Crippen LogP contribution is 2.20. The lowest BCUT2D eigenvalue weighted by atomic mass is 10.1. The fourth-order valence-corrected chi connectivity index (χ4v) is 2.43. The Labute approximate surface area is 142 Å². The fraction of sp³-hybridized carbons (Fsp3) is 0.200. The van der Waals surface area contributed by atoms with Gasteiger partial charge in [-0.3, -0.25) is 9.59 Å². The van der Waals surface area contributed by atoms with Gasteiger partial charge >= 0.3 is 0 Å².